The Morgan fingerprint density at radius 3 is 2.93 bits per heavy atom. The number of carbonyl (C=O) groups is 1. The van der Waals surface area contributed by atoms with Gasteiger partial charge in [-0.25, -0.2) is 4.98 Å². The first-order valence-corrected chi connectivity index (χ1v) is 5.30. The Balaban J connectivity index is 1.91. The second-order valence-electron chi connectivity index (χ2n) is 4.01. The summed E-state index contributed by atoms with van der Waals surface area (Å²) in [5, 5.41) is 0. The molecule has 0 fully saturated rings. The smallest absolute Gasteiger partial charge is 0.255 e. The molecule has 0 N–H and O–H groups in total. The lowest BCUT2D eigenvalue weighted by Crippen LogP contribution is -2.28. The van der Waals surface area contributed by atoms with Gasteiger partial charge in [-0.15, -0.1) is 0 Å². The SMILES string of the molecule is O=C1C2=C(CCC2)CN1c1ccccn1. The summed E-state index contributed by atoms with van der Waals surface area (Å²) in [7, 11) is 0. The van der Waals surface area contributed by atoms with Crippen LogP contribution < -0.4 is 4.90 Å². The first-order valence-electron chi connectivity index (χ1n) is 5.30. The number of aromatic nitrogens is 1. The lowest BCUT2D eigenvalue weighted by Gasteiger charge is -2.16. The Hall–Kier alpha value is -1.64. The van der Waals surface area contributed by atoms with Crippen LogP contribution in [0.3, 0.4) is 0 Å². The van der Waals surface area contributed by atoms with Crippen molar-refractivity contribution in [3.63, 3.8) is 0 Å². The topological polar surface area (TPSA) is 33.2 Å². The largest absolute Gasteiger partial charge is 0.289 e. The van der Waals surface area contributed by atoms with E-state index in [1.54, 1.807) is 11.1 Å². The molecular weight excluding hydrogens is 188 g/mol. The van der Waals surface area contributed by atoms with E-state index in [-0.39, 0.29) is 5.91 Å². The van der Waals surface area contributed by atoms with Crippen LogP contribution in [0.25, 0.3) is 0 Å². The van der Waals surface area contributed by atoms with Crippen molar-refractivity contribution in [2.75, 3.05) is 11.4 Å². The molecule has 3 rings (SSSR count). The van der Waals surface area contributed by atoms with Crippen LogP contribution in [0.5, 0.6) is 0 Å². The number of rotatable bonds is 1. The Labute approximate surface area is 88.4 Å². The average Bonchev–Trinajstić information content (AvgIpc) is 2.83. The van der Waals surface area contributed by atoms with Crippen molar-refractivity contribution < 1.29 is 4.79 Å². The molecule has 1 aromatic heterocycles. The zero-order valence-corrected chi connectivity index (χ0v) is 8.44. The first kappa shape index (κ1) is 8.65. The van der Waals surface area contributed by atoms with E-state index in [1.165, 1.54) is 5.57 Å². The summed E-state index contributed by atoms with van der Waals surface area (Å²) < 4.78 is 0. The van der Waals surface area contributed by atoms with E-state index in [0.717, 1.165) is 37.2 Å². The fourth-order valence-corrected chi connectivity index (χ4v) is 2.36. The normalized spacial score (nSPS) is 20.0. The van der Waals surface area contributed by atoms with Crippen LogP contribution in [-0.2, 0) is 4.79 Å². The first-order chi connectivity index (χ1) is 7.36. The highest BCUT2D eigenvalue weighted by Crippen LogP contribution is 2.34. The van der Waals surface area contributed by atoms with Gasteiger partial charge in [0.05, 0.1) is 0 Å². The monoisotopic (exact) mass is 200 g/mol. The van der Waals surface area contributed by atoms with Gasteiger partial charge in [-0.1, -0.05) is 6.07 Å². The van der Waals surface area contributed by atoms with Gasteiger partial charge in [0, 0.05) is 18.3 Å². The van der Waals surface area contributed by atoms with E-state index in [0.29, 0.717) is 0 Å². The van der Waals surface area contributed by atoms with Gasteiger partial charge in [0.1, 0.15) is 5.82 Å². The lowest BCUT2D eigenvalue weighted by molar-refractivity contribution is -0.114. The lowest BCUT2D eigenvalue weighted by atomic mass is 10.2. The standard InChI is InChI=1S/C12H12N2O/c15-12-10-5-3-4-9(10)8-14(12)11-6-1-2-7-13-11/h1-2,6-7H,3-5,8H2. The van der Waals surface area contributed by atoms with Crippen molar-refractivity contribution in [3.05, 3.63) is 35.5 Å². The van der Waals surface area contributed by atoms with Crippen molar-refractivity contribution in [1.82, 2.24) is 4.98 Å². The molecule has 1 aromatic rings. The maximum atomic E-state index is 12.0. The molecule has 76 valence electrons. The Kier molecular flexibility index (Phi) is 1.84. The minimum atomic E-state index is 0.168. The van der Waals surface area contributed by atoms with Gasteiger partial charge in [0.2, 0.25) is 0 Å². The predicted molar refractivity (Wildman–Crippen MR) is 57.5 cm³/mol. The molecule has 2 heterocycles. The Morgan fingerprint density at radius 2 is 2.20 bits per heavy atom. The van der Waals surface area contributed by atoms with Crippen LogP contribution in [0.1, 0.15) is 19.3 Å². The number of carbonyl (C=O) groups excluding carboxylic acids is 1. The minimum Gasteiger partial charge on any atom is -0.289 e. The van der Waals surface area contributed by atoms with Gasteiger partial charge < -0.3 is 0 Å². The molecule has 0 atom stereocenters. The highest BCUT2D eigenvalue weighted by molar-refractivity contribution is 6.09. The number of anilines is 1. The van der Waals surface area contributed by atoms with E-state index in [1.807, 2.05) is 18.2 Å². The third-order valence-electron chi connectivity index (χ3n) is 3.11. The van der Waals surface area contributed by atoms with Gasteiger partial charge in [-0.2, -0.15) is 0 Å². The van der Waals surface area contributed by atoms with Crippen LogP contribution >= 0.6 is 0 Å². The molecule has 3 nitrogen and oxygen atoms in total. The molecule has 3 heteroatoms. The summed E-state index contributed by atoms with van der Waals surface area (Å²) in [6, 6.07) is 5.67. The van der Waals surface area contributed by atoms with Gasteiger partial charge in [-0.05, 0) is 37.0 Å². The number of pyridine rings is 1. The van der Waals surface area contributed by atoms with Crippen LogP contribution in [0.15, 0.2) is 35.5 Å². The maximum Gasteiger partial charge on any atom is 0.255 e. The number of hydrogen-bond donors (Lipinski definition) is 0. The van der Waals surface area contributed by atoms with Gasteiger partial charge in [0.15, 0.2) is 0 Å². The van der Waals surface area contributed by atoms with Crippen molar-refractivity contribution >= 4 is 11.7 Å². The summed E-state index contributed by atoms with van der Waals surface area (Å²) in [5.41, 5.74) is 2.37. The van der Waals surface area contributed by atoms with Gasteiger partial charge in [-0.3, -0.25) is 9.69 Å². The summed E-state index contributed by atoms with van der Waals surface area (Å²) in [4.78, 5) is 18.0. The number of hydrogen-bond acceptors (Lipinski definition) is 2. The summed E-state index contributed by atoms with van der Waals surface area (Å²) >= 11 is 0. The second-order valence-corrected chi connectivity index (χ2v) is 4.01. The summed E-state index contributed by atoms with van der Waals surface area (Å²) in [6.07, 6.45) is 4.92. The molecule has 0 unspecified atom stereocenters. The van der Waals surface area contributed by atoms with Crippen molar-refractivity contribution in [3.8, 4) is 0 Å². The fraction of sp³-hybridized carbons (Fsp3) is 0.333. The third-order valence-corrected chi connectivity index (χ3v) is 3.11. The van der Waals surface area contributed by atoms with Crippen LogP contribution in [-0.4, -0.2) is 17.4 Å². The number of amides is 1. The highest BCUT2D eigenvalue weighted by Gasteiger charge is 2.33. The van der Waals surface area contributed by atoms with Crippen LogP contribution in [0.2, 0.25) is 0 Å². The number of nitrogens with zero attached hydrogens (tertiary/aromatic N) is 2. The summed E-state index contributed by atoms with van der Waals surface area (Å²) in [6.45, 7) is 0.755. The summed E-state index contributed by atoms with van der Waals surface area (Å²) in [5.74, 6) is 0.943. The molecule has 2 aliphatic rings. The molecule has 0 saturated heterocycles. The quantitative estimate of drug-likeness (QED) is 0.693. The maximum absolute atomic E-state index is 12.0. The van der Waals surface area contributed by atoms with Crippen molar-refractivity contribution in [2.24, 2.45) is 0 Å². The molecule has 1 aliphatic heterocycles. The van der Waals surface area contributed by atoms with E-state index in [2.05, 4.69) is 4.98 Å². The highest BCUT2D eigenvalue weighted by atomic mass is 16.2. The second kappa shape index (κ2) is 3.19. The molecule has 15 heavy (non-hydrogen) atoms. The Bertz CT molecular complexity index is 436. The van der Waals surface area contributed by atoms with Crippen LogP contribution in [0.4, 0.5) is 5.82 Å². The van der Waals surface area contributed by atoms with E-state index in [4.69, 9.17) is 0 Å². The van der Waals surface area contributed by atoms with Crippen LogP contribution in [0, 0.1) is 0 Å². The molecular formula is C12H12N2O. The Morgan fingerprint density at radius 1 is 1.27 bits per heavy atom. The van der Waals surface area contributed by atoms with Crippen molar-refractivity contribution in [2.45, 2.75) is 19.3 Å². The van der Waals surface area contributed by atoms with E-state index in [9.17, 15) is 4.79 Å². The molecule has 0 radical (unpaired) electrons. The fourth-order valence-electron chi connectivity index (χ4n) is 2.36. The van der Waals surface area contributed by atoms with E-state index < -0.39 is 0 Å². The third kappa shape index (κ3) is 1.27. The van der Waals surface area contributed by atoms with Gasteiger partial charge in [0.25, 0.3) is 5.91 Å². The molecule has 0 saturated carbocycles. The van der Waals surface area contributed by atoms with E-state index >= 15 is 0 Å². The predicted octanol–water partition coefficient (Wildman–Crippen LogP) is 1.91. The molecule has 0 aromatic carbocycles. The molecule has 0 bridgehead atoms. The zero-order chi connectivity index (χ0) is 10.3. The van der Waals surface area contributed by atoms with Gasteiger partial charge >= 0.3 is 0 Å². The molecule has 1 amide bonds. The molecule has 1 aliphatic carbocycles. The average molecular weight is 200 g/mol. The minimum absolute atomic E-state index is 0.168. The van der Waals surface area contributed by atoms with Crippen molar-refractivity contribution in [1.29, 1.82) is 0 Å². The molecule has 0 spiro atoms. The zero-order valence-electron chi connectivity index (χ0n) is 8.44.